The van der Waals surface area contributed by atoms with Gasteiger partial charge in [0.2, 0.25) is 0 Å². The molecule has 1 N–H and O–H groups in total. The number of nitrogens with one attached hydrogen (secondary N) is 1. The zero-order valence-electron chi connectivity index (χ0n) is 20.1. The van der Waals surface area contributed by atoms with E-state index in [1.54, 1.807) is 0 Å². The minimum absolute atomic E-state index is 0.528. The average Bonchev–Trinajstić information content (AvgIpc) is 2.69. The molecule has 0 aromatic heterocycles. The van der Waals surface area contributed by atoms with Crippen LogP contribution in [0.3, 0.4) is 0 Å². The smallest absolute Gasteiger partial charge is 0.0205 e. The molecule has 0 aliphatic heterocycles. The fourth-order valence-corrected chi connectivity index (χ4v) is 4.03. The number of hydrogen-bond donors (Lipinski definition) is 1. The standard InChI is InChI=1S/C28H51N/c1-28(2,3)24-20-15-13-11-9-7-5-4-6-8-10-12-14-16-21-25-29-26-27-22-18-17-19-23-27/h17-19,22-23,29H,4-16,20-21,24-26H2,1-3H3. The average molecular weight is 402 g/mol. The van der Waals surface area contributed by atoms with Gasteiger partial charge in [-0.15, -0.1) is 0 Å². The molecular formula is C28H51N. The molecule has 0 aliphatic rings. The summed E-state index contributed by atoms with van der Waals surface area (Å²) in [5, 5.41) is 3.56. The quantitative estimate of drug-likeness (QED) is 0.228. The van der Waals surface area contributed by atoms with Gasteiger partial charge in [0.25, 0.3) is 0 Å². The van der Waals surface area contributed by atoms with Crippen molar-refractivity contribution in [2.75, 3.05) is 6.54 Å². The number of unbranched alkanes of at least 4 members (excludes halogenated alkanes) is 14. The van der Waals surface area contributed by atoms with Crippen molar-refractivity contribution in [2.24, 2.45) is 5.41 Å². The molecule has 1 aromatic rings. The van der Waals surface area contributed by atoms with Crippen LogP contribution in [0.4, 0.5) is 0 Å². The Kier molecular flexibility index (Phi) is 16.3. The first-order chi connectivity index (χ1) is 14.1. The van der Waals surface area contributed by atoms with Crippen molar-refractivity contribution in [3.63, 3.8) is 0 Å². The maximum atomic E-state index is 3.56. The first-order valence-corrected chi connectivity index (χ1v) is 12.8. The lowest BCUT2D eigenvalue weighted by Gasteiger charge is -2.17. The third-order valence-electron chi connectivity index (χ3n) is 5.95. The van der Waals surface area contributed by atoms with Crippen LogP contribution in [0.25, 0.3) is 0 Å². The van der Waals surface area contributed by atoms with Crippen molar-refractivity contribution in [3.05, 3.63) is 35.9 Å². The van der Waals surface area contributed by atoms with Crippen LogP contribution in [-0.2, 0) is 6.54 Å². The Morgan fingerprint density at radius 2 is 0.966 bits per heavy atom. The summed E-state index contributed by atoms with van der Waals surface area (Å²) in [6, 6.07) is 10.7. The highest BCUT2D eigenvalue weighted by molar-refractivity contribution is 5.14. The molecule has 1 aromatic carbocycles. The molecule has 1 nitrogen and oxygen atoms in total. The largest absolute Gasteiger partial charge is 0.313 e. The molecule has 0 unspecified atom stereocenters. The Bertz CT molecular complexity index is 445. The van der Waals surface area contributed by atoms with Crippen molar-refractivity contribution in [1.82, 2.24) is 5.32 Å². The summed E-state index contributed by atoms with van der Waals surface area (Å²) >= 11 is 0. The number of hydrogen-bond acceptors (Lipinski definition) is 1. The molecule has 0 bridgehead atoms. The second-order valence-electron chi connectivity index (χ2n) is 10.3. The van der Waals surface area contributed by atoms with Crippen LogP contribution in [0.1, 0.15) is 129 Å². The van der Waals surface area contributed by atoms with Gasteiger partial charge in [0.05, 0.1) is 0 Å². The molecule has 168 valence electrons. The lowest BCUT2D eigenvalue weighted by atomic mass is 9.89. The van der Waals surface area contributed by atoms with E-state index in [4.69, 9.17) is 0 Å². The Morgan fingerprint density at radius 1 is 0.552 bits per heavy atom. The van der Waals surface area contributed by atoms with Gasteiger partial charge in [0.15, 0.2) is 0 Å². The van der Waals surface area contributed by atoms with Crippen molar-refractivity contribution < 1.29 is 0 Å². The van der Waals surface area contributed by atoms with E-state index in [9.17, 15) is 0 Å². The van der Waals surface area contributed by atoms with Crippen LogP contribution >= 0.6 is 0 Å². The van der Waals surface area contributed by atoms with Crippen LogP contribution in [-0.4, -0.2) is 6.54 Å². The molecular weight excluding hydrogens is 350 g/mol. The predicted octanol–water partition coefficient (Wildman–Crippen LogP) is 9.06. The second kappa shape index (κ2) is 18.0. The van der Waals surface area contributed by atoms with E-state index in [-0.39, 0.29) is 0 Å². The monoisotopic (exact) mass is 401 g/mol. The lowest BCUT2D eigenvalue weighted by molar-refractivity contribution is 0.356. The van der Waals surface area contributed by atoms with Crippen molar-refractivity contribution >= 4 is 0 Å². The van der Waals surface area contributed by atoms with Gasteiger partial charge >= 0.3 is 0 Å². The van der Waals surface area contributed by atoms with Gasteiger partial charge in [-0.3, -0.25) is 0 Å². The highest BCUT2D eigenvalue weighted by Crippen LogP contribution is 2.22. The van der Waals surface area contributed by atoms with E-state index >= 15 is 0 Å². The highest BCUT2D eigenvalue weighted by Gasteiger charge is 2.08. The van der Waals surface area contributed by atoms with E-state index in [0.717, 1.165) is 13.1 Å². The predicted molar refractivity (Wildman–Crippen MR) is 131 cm³/mol. The summed E-state index contributed by atoms with van der Waals surface area (Å²) in [5.74, 6) is 0. The number of rotatable bonds is 19. The molecule has 1 heteroatoms. The Morgan fingerprint density at radius 3 is 1.41 bits per heavy atom. The topological polar surface area (TPSA) is 12.0 Å². The second-order valence-corrected chi connectivity index (χ2v) is 10.3. The molecule has 0 saturated carbocycles. The molecule has 0 atom stereocenters. The minimum atomic E-state index is 0.528. The van der Waals surface area contributed by atoms with Crippen LogP contribution in [0, 0.1) is 5.41 Å². The fraction of sp³-hybridized carbons (Fsp3) is 0.786. The van der Waals surface area contributed by atoms with Crippen molar-refractivity contribution in [3.8, 4) is 0 Å². The molecule has 0 aliphatic carbocycles. The van der Waals surface area contributed by atoms with Gasteiger partial charge in [0.1, 0.15) is 0 Å². The third-order valence-corrected chi connectivity index (χ3v) is 5.95. The van der Waals surface area contributed by atoms with Crippen LogP contribution in [0.15, 0.2) is 30.3 Å². The summed E-state index contributed by atoms with van der Waals surface area (Å²) in [5.41, 5.74) is 1.92. The molecule has 0 amide bonds. The normalized spacial score (nSPS) is 11.8. The van der Waals surface area contributed by atoms with Crippen LogP contribution in [0.2, 0.25) is 0 Å². The molecule has 0 spiro atoms. The van der Waals surface area contributed by atoms with Crippen LogP contribution < -0.4 is 5.32 Å². The Balaban J connectivity index is 1.69. The van der Waals surface area contributed by atoms with Gasteiger partial charge in [0, 0.05) is 6.54 Å². The van der Waals surface area contributed by atoms with Crippen molar-refractivity contribution in [1.29, 1.82) is 0 Å². The number of benzene rings is 1. The van der Waals surface area contributed by atoms with Gasteiger partial charge in [-0.05, 0) is 30.4 Å². The lowest BCUT2D eigenvalue weighted by Crippen LogP contribution is -2.14. The van der Waals surface area contributed by atoms with Crippen molar-refractivity contribution in [2.45, 2.75) is 130 Å². The summed E-state index contributed by atoms with van der Waals surface area (Å²) < 4.78 is 0. The third kappa shape index (κ3) is 18.9. The van der Waals surface area contributed by atoms with E-state index in [1.165, 1.54) is 108 Å². The maximum absolute atomic E-state index is 3.56. The van der Waals surface area contributed by atoms with E-state index in [1.807, 2.05) is 0 Å². The van der Waals surface area contributed by atoms with E-state index in [0.29, 0.717) is 5.41 Å². The first kappa shape index (κ1) is 26.2. The molecule has 29 heavy (non-hydrogen) atoms. The molecule has 1 rings (SSSR count). The summed E-state index contributed by atoms with van der Waals surface area (Å²) in [6.45, 7) is 9.25. The Hall–Kier alpha value is -0.820. The summed E-state index contributed by atoms with van der Waals surface area (Å²) in [6.07, 6.45) is 23.0. The first-order valence-electron chi connectivity index (χ1n) is 12.8. The minimum Gasteiger partial charge on any atom is -0.313 e. The fourth-order valence-electron chi connectivity index (χ4n) is 4.03. The highest BCUT2D eigenvalue weighted by atomic mass is 14.8. The Labute approximate surface area is 183 Å². The van der Waals surface area contributed by atoms with Gasteiger partial charge in [-0.2, -0.15) is 0 Å². The molecule has 0 heterocycles. The molecule has 0 saturated heterocycles. The molecule has 0 fully saturated rings. The summed E-state index contributed by atoms with van der Waals surface area (Å²) in [4.78, 5) is 0. The zero-order valence-corrected chi connectivity index (χ0v) is 20.1. The van der Waals surface area contributed by atoms with Gasteiger partial charge < -0.3 is 5.32 Å². The van der Waals surface area contributed by atoms with Gasteiger partial charge in [-0.1, -0.05) is 141 Å². The zero-order chi connectivity index (χ0) is 21.0. The van der Waals surface area contributed by atoms with Crippen LogP contribution in [0.5, 0.6) is 0 Å². The molecule has 0 radical (unpaired) electrons. The maximum Gasteiger partial charge on any atom is 0.0205 e. The SMILES string of the molecule is CC(C)(C)CCCCCCCCCCCCCCCCCNCc1ccccc1. The van der Waals surface area contributed by atoms with E-state index < -0.39 is 0 Å². The van der Waals surface area contributed by atoms with E-state index in [2.05, 4.69) is 56.4 Å². The summed E-state index contributed by atoms with van der Waals surface area (Å²) in [7, 11) is 0. The van der Waals surface area contributed by atoms with Gasteiger partial charge in [-0.25, -0.2) is 0 Å².